The van der Waals surface area contributed by atoms with Crippen molar-refractivity contribution in [3.8, 4) is 11.1 Å². The Labute approximate surface area is 127 Å². The van der Waals surface area contributed by atoms with Gasteiger partial charge in [-0.05, 0) is 43.1 Å². The number of aryl methyl sites for hydroxylation is 1. The summed E-state index contributed by atoms with van der Waals surface area (Å²) in [6, 6.07) is 6.52. The van der Waals surface area contributed by atoms with Gasteiger partial charge in [0.15, 0.2) is 0 Å². The van der Waals surface area contributed by atoms with Crippen molar-refractivity contribution in [1.29, 1.82) is 0 Å². The van der Waals surface area contributed by atoms with Crippen LogP contribution in [0.4, 0.5) is 5.82 Å². The van der Waals surface area contributed by atoms with Crippen LogP contribution in [0, 0.1) is 0 Å². The lowest BCUT2D eigenvalue weighted by atomic mass is 9.96. The molecule has 2 aromatic rings. The van der Waals surface area contributed by atoms with Gasteiger partial charge >= 0.3 is 0 Å². The van der Waals surface area contributed by atoms with Crippen LogP contribution in [-0.2, 0) is 7.05 Å². The first-order valence-electron chi connectivity index (χ1n) is 6.82. The molecule has 1 aliphatic heterocycles. The van der Waals surface area contributed by atoms with Crippen LogP contribution in [0.3, 0.4) is 0 Å². The molecule has 0 amide bonds. The number of hydrogen-bond donors (Lipinski definition) is 1. The molecule has 0 radical (unpaired) electrons. The Morgan fingerprint density at radius 2 is 2.15 bits per heavy atom. The van der Waals surface area contributed by atoms with Gasteiger partial charge in [0.05, 0.1) is 6.20 Å². The maximum absolute atomic E-state index is 6.04. The lowest BCUT2D eigenvalue weighted by molar-refractivity contribution is 0.411. The monoisotopic (exact) mass is 334 g/mol. The van der Waals surface area contributed by atoms with Crippen molar-refractivity contribution in [1.82, 2.24) is 14.7 Å². The van der Waals surface area contributed by atoms with Crippen LogP contribution in [0.25, 0.3) is 11.1 Å². The lowest BCUT2D eigenvalue weighted by Gasteiger charge is -2.14. The predicted octanol–water partition coefficient (Wildman–Crippen LogP) is 2.85. The number of nitrogen functional groups attached to an aromatic ring is 1. The van der Waals surface area contributed by atoms with Crippen LogP contribution >= 0.6 is 15.9 Å². The van der Waals surface area contributed by atoms with Crippen molar-refractivity contribution < 1.29 is 0 Å². The first-order chi connectivity index (χ1) is 9.56. The molecule has 0 aliphatic carbocycles. The van der Waals surface area contributed by atoms with Gasteiger partial charge in [-0.3, -0.25) is 4.68 Å². The number of rotatable bonds is 2. The molecule has 0 bridgehead atoms. The number of hydrogen-bond acceptors (Lipinski definition) is 3. The summed E-state index contributed by atoms with van der Waals surface area (Å²) in [7, 11) is 4.04. The Bertz CT molecular complexity index is 635. The van der Waals surface area contributed by atoms with Crippen molar-refractivity contribution in [3.05, 3.63) is 34.4 Å². The third-order valence-electron chi connectivity index (χ3n) is 4.13. The zero-order valence-electron chi connectivity index (χ0n) is 11.8. The molecule has 5 heteroatoms. The zero-order chi connectivity index (χ0) is 14.3. The van der Waals surface area contributed by atoms with E-state index in [1.165, 1.54) is 23.0 Å². The first kappa shape index (κ1) is 13.6. The summed E-state index contributed by atoms with van der Waals surface area (Å²) in [5.41, 5.74) is 9.53. The average molecular weight is 335 g/mol. The zero-order valence-corrected chi connectivity index (χ0v) is 13.4. The molecule has 1 aromatic heterocycles. The minimum atomic E-state index is 0.620. The van der Waals surface area contributed by atoms with Gasteiger partial charge in [0.2, 0.25) is 0 Å². The molecular formula is C15H19BrN4. The highest BCUT2D eigenvalue weighted by Crippen LogP contribution is 2.35. The maximum atomic E-state index is 6.04. The Morgan fingerprint density at radius 3 is 2.70 bits per heavy atom. The largest absolute Gasteiger partial charge is 0.383 e. The fraction of sp³-hybridized carbons (Fsp3) is 0.400. The molecule has 1 unspecified atom stereocenters. The molecule has 20 heavy (non-hydrogen) atoms. The van der Waals surface area contributed by atoms with E-state index < -0.39 is 0 Å². The fourth-order valence-electron chi connectivity index (χ4n) is 2.88. The second kappa shape index (κ2) is 5.22. The smallest absolute Gasteiger partial charge is 0.129 e. The van der Waals surface area contributed by atoms with Crippen LogP contribution in [0.5, 0.6) is 0 Å². The molecule has 106 valence electrons. The molecule has 0 spiro atoms. The Balaban J connectivity index is 1.93. The summed E-state index contributed by atoms with van der Waals surface area (Å²) in [5, 5.41) is 4.20. The van der Waals surface area contributed by atoms with Crippen LogP contribution in [0.1, 0.15) is 17.9 Å². The second-order valence-electron chi connectivity index (χ2n) is 5.55. The number of halogens is 1. The van der Waals surface area contributed by atoms with Gasteiger partial charge in [-0.15, -0.1) is 0 Å². The summed E-state index contributed by atoms with van der Waals surface area (Å²) in [4.78, 5) is 2.38. The van der Waals surface area contributed by atoms with Gasteiger partial charge in [0.25, 0.3) is 0 Å². The van der Waals surface area contributed by atoms with Crippen molar-refractivity contribution in [2.75, 3.05) is 25.9 Å². The van der Waals surface area contributed by atoms with Crippen LogP contribution in [0.2, 0.25) is 0 Å². The molecule has 1 aliphatic rings. The van der Waals surface area contributed by atoms with Gasteiger partial charge in [-0.25, -0.2) is 0 Å². The van der Waals surface area contributed by atoms with E-state index in [0.29, 0.717) is 11.7 Å². The molecular weight excluding hydrogens is 316 g/mol. The number of anilines is 1. The van der Waals surface area contributed by atoms with Crippen LogP contribution < -0.4 is 5.73 Å². The number of likely N-dealkylation sites (tertiary alicyclic amines) is 1. The quantitative estimate of drug-likeness (QED) is 0.918. The summed E-state index contributed by atoms with van der Waals surface area (Å²) >= 11 is 3.72. The number of likely N-dealkylation sites (N-methyl/N-ethyl adjacent to an activating group) is 1. The molecule has 0 saturated carbocycles. The molecule has 1 atom stereocenters. The first-order valence-corrected chi connectivity index (χ1v) is 7.61. The van der Waals surface area contributed by atoms with Crippen molar-refractivity contribution in [2.45, 2.75) is 12.3 Å². The molecule has 2 heterocycles. The third kappa shape index (κ3) is 2.36. The van der Waals surface area contributed by atoms with Crippen LogP contribution in [0.15, 0.2) is 28.9 Å². The lowest BCUT2D eigenvalue weighted by Crippen LogP contribution is -2.13. The summed E-state index contributed by atoms with van der Waals surface area (Å²) < 4.78 is 2.86. The van der Waals surface area contributed by atoms with E-state index >= 15 is 0 Å². The molecule has 2 N–H and O–H groups in total. The Morgan fingerprint density at radius 1 is 1.35 bits per heavy atom. The van der Waals surface area contributed by atoms with E-state index in [1.54, 1.807) is 4.68 Å². The second-order valence-corrected chi connectivity index (χ2v) is 6.41. The fourth-order valence-corrected chi connectivity index (χ4v) is 3.59. The molecule has 1 fully saturated rings. The maximum Gasteiger partial charge on any atom is 0.129 e. The number of benzene rings is 1. The standard InChI is InChI=1S/C15H19BrN4/c1-19-6-5-11(9-19)12-4-3-10(7-14(12)16)13-8-18-20(2)15(13)17/h3-4,7-8,11H,5-6,9,17H2,1-2H3. The molecule has 4 nitrogen and oxygen atoms in total. The van der Waals surface area contributed by atoms with Crippen molar-refractivity contribution in [3.63, 3.8) is 0 Å². The Hall–Kier alpha value is -1.33. The van der Waals surface area contributed by atoms with Crippen molar-refractivity contribution >= 4 is 21.7 Å². The van der Waals surface area contributed by atoms with Gasteiger partial charge in [-0.1, -0.05) is 28.1 Å². The van der Waals surface area contributed by atoms with Gasteiger partial charge in [-0.2, -0.15) is 5.10 Å². The summed E-state index contributed by atoms with van der Waals surface area (Å²) in [6.07, 6.45) is 3.05. The van der Waals surface area contributed by atoms with E-state index in [2.05, 4.69) is 51.2 Å². The van der Waals surface area contributed by atoms with Crippen LogP contribution in [-0.4, -0.2) is 34.8 Å². The van der Waals surface area contributed by atoms with Crippen molar-refractivity contribution in [2.24, 2.45) is 7.05 Å². The van der Waals surface area contributed by atoms with Gasteiger partial charge in [0, 0.05) is 23.6 Å². The van der Waals surface area contributed by atoms with E-state index in [1.807, 2.05) is 13.2 Å². The van der Waals surface area contributed by atoms with E-state index in [0.717, 1.165) is 17.7 Å². The van der Waals surface area contributed by atoms with E-state index in [9.17, 15) is 0 Å². The molecule has 1 aromatic carbocycles. The minimum Gasteiger partial charge on any atom is -0.383 e. The summed E-state index contributed by atoms with van der Waals surface area (Å²) in [6.45, 7) is 2.31. The normalized spacial score (nSPS) is 19.6. The summed E-state index contributed by atoms with van der Waals surface area (Å²) in [5.74, 6) is 1.32. The number of nitrogens with zero attached hydrogens (tertiary/aromatic N) is 3. The Kier molecular flexibility index (Phi) is 3.56. The van der Waals surface area contributed by atoms with Gasteiger partial charge < -0.3 is 10.6 Å². The molecule has 3 rings (SSSR count). The average Bonchev–Trinajstić information content (AvgIpc) is 2.97. The topological polar surface area (TPSA) is 47.1 Å². The highest BCUT2D eigenvalue weighted by Gasteiger charge is 2.23. The SMILES string of the molecule is CN1CCC(c2ccc(-c3cnn(C)c3N)cc2Br)C1. The number of aromatic nitrogens is 2. The molecule has 1 saturated heterocycles. The predicted molar refractivity (Wildman–Crippen MR) is 85.6 cm³/mol. The minimum absolute atomic E-state index is 0.620. The number of nitrogens with two attached hydrogens (primary N) is 1. The highest BCUT2D eigenvalue weighted by atomic mass is 79.9. The van der Waals surface area contributed by atoms with Gasteiger partial charge in [0.1, 0.15) is 5.82 Å². The highest BCUT2D eigenvalue weighted by molar-refractivity contribution is 9.10. The van der Waals surface area contributed by atoms with E-state index in [4.69, 9.17) is 5.73 Å². The van der Waals surface area contributed by atoms with E-state index in [-0.39, 0.29) is 0 Å². The third-order valence-corrected chi connectivity index (χ3v) is 4.81.